The summed E-state index contributed by atoms with van der Waals surface area (Å²) in [6, 6.07) is 6.79. The molecular formula is C15H26Cl2N4O2. The van der Waals surface area contributed by atoms with Gasteiger partial charge in [-0.05, 0) is 45.3 Å². The summed E-state index contributed by atoms with van der Waals surface area (Å²) in [7, 11) is 3.66. The molecule has 0 aromatic heterocycles. The molecule has 0 bridgehead atoms. The highest BCUT2D eigenvalue weighted by atomic mass is 35.5. The lowest BCUT2D eigenvalue weighted by Gasteiger charge is -2.15. The van der Waals surface area contributed by atoms with Crippen LogP contribution in [0, 0.1) is 5.92 Å². The lowest BCUT2D eigenvalue weighted by Crippen LogP contribution is -2.34. The quantitative estimate of drug-likeness (QED) is 0.719. The molecule has 0 radical (unpaired) electrons. The average Bonchev–Trinajstić information content (AvgIpc) is 2.38. The first-order valence-corrected chi connectivity index (χ1v) is 6.90. The van der Waals surface area contributed by atoms with E-state index in [1.165, 1.54) is 0 Å². The van der Waals surface area contributed by atoms with Crippen molar-refractivity contribution in [3.05, 3.63) is 24.3 Å². The van der Waals surface area contributed by atoms with Crippen molar-refractivity contribution >= 4 is 48.0 Å². The number of halogens is 2. The Kier molecular flexibility index (Phi) is 11.7. The molecule has 0 saturated carbocycles. The molecule has 0 saturated heterocycles. The maximum absolute atomic E-state index is 11.9. The van der Waals surface area contributed by atoms with Gasteiger partial charge in [-0.15, -0.1) is 24.8 Å². The fraction of sp³-hybridized carbons (Fsp3) is 0.467. The van der Waals surface area contributed by atoms with Crippen LogP contribution in [0.1, 0.15) is 13.8 Å². The Morgan fingerprint density at radius 2 is 1.48 bits per heavy atom. The van der Waals surface area contributed by atoms with E-state index in [9.17, 15) is 9.59 Å². The zero-order valence-corrected chi connectivity index (χ0v) is 15.5. The summed E-state index contributed by atoms with van der Waals surface area (Å²) in [6.45, 7) is 3.91. The predicted octanol–water partition coefficient (Wildman–Crippen LogP) is 1.95. The highest BCUT2D eigenvalue weighted by Crippen LogP contribution is 2.15. The molecule has 0 aliphatic heterocycles. The van der Waals surface area contributed by atoms with Gasteiger partial charge in [0.25, 0.3) is 0 Å². The van der Waals surface area contributed by atoms with Gasteiger partial charge in [-0.2, -0.15) is 0 Å². The van der Waals surface area contributed by atoms with Gasteiger partial charge in [0.15, 0.2) is 0 Å². The zero-order chi connectivity index (χ0) is 16.0. The van der Waals surface area contributed by atoms with Crippen molar-refractivity contribution in [1.82, 2.24) is 4.90 Å². The van der Waals surface area contributed by atoms with Gasteiger partial charge in [0.05, 0.1) is 12.5 Å². The maximum Gasteiger partial charge on any atom is 0.238 e. The highest BCUT2D eigenvalue weighted by molar-refractivity contribution is 5.94. The maximum atomic E-state index is 11.9. The molecule has 6 nitrogen and oxygen atoms in total. The summed E-state index contributed by atoms with van der Waals surface area (Å²) >= 11 is 0. The second-order valence-electron chi connectivity index (χ2n) is 5.50. The van der Waals surface area contributed by atoms with Crippen molar-refractivity contribution in [2.45, 2.75) is 19.9 Å². The minimum atomic E-state index is -0.260. The summed E-state index contributed by atoms with van der Waals surface area (Å²) in [5.74, 6) is -0.457. The normalized spacial score (nSPS) is 12.4. The second kappa shape index (κ2) is 11.2. The third-order valence-corrected chi connectivity index (χ3v) is 3.10. The number of rotatable bonds is 6. The van der Waals surface area contributed by atoms with E-state index in [0.717, 1.165) is 0 Å². The highest BCUT2D eigenvalue weighted by Gasteiger charge is 2.16. The van der Waals surface area contributed by atoms with Gasteiger partial charge in [-0.25, -0.2) is 0 Å². The van der Waals surface area contributed by atoms with E-state index >= 15 is 0 Å². The van der Waals surface area contributed by atoms with Crippen LogP contribution in [0.3, 0.4) is 0 Å². The van der Waals surface area contributed by atoms with Crippen molar-refractivity contribution < 1.29 is 9.59 Å². The molecule has 1 aromatic rings. The molecule has 0 fully saturated rings. The Hall–Kier alpha value is -1.34. The molecule has 132 valence electrons. The molecule has 0 heterocycles. The van der Waals surface area contributed by atoms with Crippen molar-refractivity contribution in [3.8, 4) is 0 Å². The van der Waals surface area contributed by atoms with Crippen LogP contribution in [0.25, 0.3) is 0 Å². The lowest BCUT2D eigenvalue weighted by atomic mass is 10.0. The number of anilines is 2. The third-order valence-electron chi connectivity index (χ3n) is 3.10. The number of hydrogen-bond donors (Lipinski definition) is 3. The van der Waals surface area contributed by atoms with E-state index in [1.54, 1.807) is 43.0 Å². The molecule has 2 atom stereocenters. The van der Waals surface area contributed by atoms with Crippen LogP contribution >= 0.6 is 24.8 Å². The van der Waals surface area contributed by atoms with Crippen LogP contribution in [0.4, 0.5) is 11.4 Å². The number of carbonyl (C=O) groups excluding carboxylic acids is 2. The van der Waals surface area contributed by atoms with E-state index in [-0.39, 0.29) is 48.6 Å². The Morgan fingerprint density at radius 1 is 1.04 bits per heavy atom. The summed E-state index contributed by atoms with van der Waals surface area (Å²) in [4.78, 5) is 25.3. The molecular weight excluding hydrogens is 339 g/mol. The number of likely N-dealkylation sites (N-methyl/N-ethyl adjacent to an activating group) is 1. The van der Waals surface area contributed by atoms with Gasteiger partial charge >= 0.3 is 0 Å². The third kappa shape index (κ3) is 8.76. The molecule has 1 aromatic carbocycles. The minimum absolute atomic E-state index is 0. The van der Waals surface area contributed by atoms with Crippen molar-refractivity contribution in [2.24, 2.45) is 11.7 Å². The average molecular weight is 365 g/mol. The standard InChI is InChI=1S/C15H24N4O2.2ClH/c1-10(11(2)16)15(21)18-13-7-5-12(6-8-13)17-14(20)9-19(3)4;;/h5-8,10-11H,9,16H2,1-4H3,(H,17,20)(H,18,21);2*1H. The van der Waals surface area contributed by atoms with Gasteiger partial charge < -0.3 is 21.3 Å². The van der Waals surface area contributed by atoms with E-state index in [2.05, 4.69) is 10.6 Å². The molecule has 8 heteroatoms. The van der Waals surface area contributed by atoms with Gasteiger partial charge in [0, 0.05) is 17.4 Å². The molecule has 1 rings (SSSR count). The number of nitrogens with zero attached hydrogens (tertiary/aromatic N) is 1. The molecule has 4 N–H and O–H groups in total. The number of benzene rings is 1. The van der Waals surface area contributed by atoms with Crippen LogP contribution in [0.15, 0.2) is 24.3 Å². The molecule has 0 aliphatic carbocycles. The Labute approximate surface area is 150 Å². The summed E-state index contributed by atoms with van der Waals surface area (Å²) in [5.41, 5.74) is 7.07. The van der Waals surface area contributed by atoms with Crippen molar-refractivity contribution in [3.63, 3.8) is 0 Å². The first-order valence-electron chi connectivity index (χ1n) is 6.90. The van der Waals surface area contributed by atoms with E-state index in [1.807, 2.05) is 14.1 Å². The van der Waals surface area contributed by atoms with Gasteiger partial charge in [0.2, 0.25) is 11.8 Å². The molecule has 2 amide bonds. The SMILES string of the molecule is CC(N)C(C)C(=O)Nc1ccc(NC(=O)CN(C)C)cc1.Cl.Cl. The second-order valence-corrected chi connectivity index (χ2v) is 5.50. The molecule has 23 heavy (non-hydrogen) atoms. The topological polar surface area (TPSA) is 87.5 Å². The number of carbonyl (C=O) groups is 2. The zero-order valence-electron chi connectivity index (χ0n) is 13.8. The number of nitrogens with two attached hydrogens (primary N) is 1. The molecule has 2 unspecified atom stereocenters. The van der Waals surface area contributed by atoms with Crippen molar-refractivity contribution in [1.29, 1.82) is 0 Å². The first-order chi connectivity index (χ1) is 9.79. The van der Waals surface area contributed by atoms with Crippen LogP contribution in [0.2, 0.25) is 0 Å². The fourth-order valence-corrected chi connectivity index (χ4v) is 1.62. The molecule has 0 aliphatic rings. The van der Waals surface area contributed by atoms with Crippen LogP contribution in [-0.4, -0.2) is 43.4 Å². The van der Waals surface area contributed by atoms with E-state index < -0.39 is 0 Å². The van der Waals surface area contributed by atoms with Gasteiger partial charge in [-0.1, -0.05) is 6.92 Å². The van der Waals surface area contributed by atoms with Gasteiger partial charge in [0.1, 0.15) is 0 Å². The fourth-order valence-electron chi connectivity index (χ4n) is 1.62. The Balaban J connectivity index is 0. The smallest absolute Gasteiger partial charge is 0.238 e. The predicted molar refractivity (Wildman–Crippen MR) is 99.6 cm³/mol. The van der Waals surface area contributed by atoms with Crippen LogP contribution in [0.5, 0.6) is 0 Å². The van der Waals surface area contributed by atoms with E-state index in [0.29, 0.717) is 17.9 Å². The van der Waals surface area contributed by atoms with Gasteiger partial charge in [-0.3, -0.25) is 9.59 Å². The Bertz CT molecular complexity index is 493. The van der Waals surface area contributed by atoms with Crippen molar-refractivity contribution in [2.75, 3.05) is 31.3 Å². The Morgan fingerprint density at radius 3 is 1.87 bits per heavy atom. The van der Waals surface area contributed by atoms with E-state index in [4.69, 9.17) is 5.73 Å². The monoisotopic (exact) mass is 364 g/mol. The molecule has 0 spiro atoms. The summed E-state index contributed by atoms with van der Waals surface area (Å²) in [6.07, 6.45) is 0. The van der Waals surface area contributed by atoms with Crippen LogP contribution in [-0.2, 0) is 9.59 Å². The summed E-state index contributed by atoms with van der Waals surface area (Å²) in [5, 5.41) is 5.58. The first kappa shape index (κ1) is 23.9. The minimum Gasteiger partial charge on any atom is -0.327 e. The van der Waals surface area contributed by atoms with Crippen LogP contribution < -0.4 is 16.4 Å². The largest absolute Gasteiger partial charge is 0.327 e. The number of amides is 2. The number of nitrogens with one attached hydrogen (secondary N) is 2. The lowest BCUT2D eigenvalue weighted by molar-refractivity contribution is -0.120. The number of hydrogen-bond acceptors (Lipinski definition) is 4. The summed E-state index contributed by atoms with van der Waals surface area (Å²) < 4.78 is 0.